The molecule has 19 heavy (non-hydrogen) atoms. The van der Waals surface area contributed by atoms with Gasteiger partial charge in [-0.3, -0.25) is 0 Å². The zero-order valence-corrected chi connectivity index (χ0v) is 10.5. The Hall–Kier alpha value is -2.56. The summed E-state index contributed by atoms with van der Waals surface area (Å²) in [5.74, 6) is -0.346. The maximum Gasteiger partial charge on any atom is 0.354 e. The van der Waals surface area contributed by atoms with E-state index in [4.69, 9.17) is 4.42 Å². The number of hydrogen-bond donors (Lipinski definition) is 1. The fourth-order valence-corrected chi connectivity index (χ4v) is 2.20. The van der Waals surface area contributed by atoms with Gasteiger partial charge >= 0.3 is 5.97 Å². The maximum atomic E-state index is 11.4. The summed E-state index contributed by atoms with van der Waals surface area (Å²) < 4.78 is 7.01. The molecule has 0 fully saturated rings. The first kappa shape index (κ1) is 11.5. The lowest BCUT2D eigenvalue weighted by molar-refractivity contribution is 0.0687. The number of aromatic nitrogens is 2. The highest BCUT2D eigenvalue weighted by Gasteiger charge is 2.22. The van der Waals surface area contributed by atoms with Crippen LogP contribution in [0, 0.1) is 6.92 Å². The monoisotopic (exact) mass is 256 g/mol. The fraction of sp³-hybridized carbons (Fsp3) is 0.143. The van der Waals surface area contributed by atoms with Crippen molar-refractivity contribution >= 4 is 16.9 Å². The van der Waals surface area contributed by atoms with E-state index < -0.39 is 5.97 Å². The molecule has 0 unspecified atom stereocenters. The van der Waals surface area contributed by atoms with Crippen LogP contribution in [0.3, 0.4) is 0 Å². The van der Waals surface area contributed by atoms with E-state index in [1.165, 1.54) is 0 Å². The Bertz CT molecular complexity index is 783. The Morgan fingerprint density at radius 3 is 2.84 bits per heavy atom. The Morgan fingerprint density at radius 1 is 1.37 bits per heavy atom. The molecule has 96 valence electrons. The van der Waals surface area contributed by atoms with Crippen LogP contribution in [0.1, 0.15) is 16.3 Å². The second-order valence-electron chi connectivity index (χ2n) is 4.37. The van der Waals surface area contributed by atoms with Crippen molar-refractivity contribution in [3.63, 3.8) is 0 Å². The van der Waals surface area contributed by atoms with Crippen molar-refractivity contribution in [1.82, 2.24) is 9.55 Å². The molecule has 3 aromatic rings. The fourth-order valence-electron chi connectivity index (χ4n) is 2.20. The molecule has 0 aliphatic heterocycles. The lowest BCUT2D eigenvalue weighted by atomic mass is 10.1. The average molecular weight is 256 g/mol. The van der Waals surface area contributed by atoms with Gasteiger partial charge in [-0.1, -0.05) is 18.2 Å². The van der Waals surface area contributed by atoms with E-state index in [1.807, 2.05) is 24.3 Å². The molecule has 1 aromatic carbocycles. The van der Waals surface area contributed by atoms with E-state index >= 15 is 0 Å². The zero-order chi connectivity index (χ0) is 13.6. The highest BCUT2D eigenvalue weighted by Crippen LogP contribution is 2.32. The molecule has 1 N–H and O–H groups in total. The molecule has 3 rings (SSSR count). The molecule has 2 heterocycles. The molecule has 0 bridgehead atoms. The van der Waals surface area contributed by atoms with Gasteiger partial charge in [0.2, 0.25) is 0 Å². The van der Waals surface area contributed by atoms with Crippen LogP contribution in [0.25, 0.3) is 22.2 Å². The summed E-state index contributed by atoms with van der Waals surface area (Å²) in [6, 6.07) is 7.49. The molecule has 0 saturated carbocycles. The summed E-state index contributed by atoms with van der Waals surface area (Å²) in [5, 5.41) is 10.2. The maximum absolute atomic E-state index is 11.4. The molecule has 0 amide bonds. The van der Waals surface area contributed by atoms with Crippen LogP contribution in [0.4, 0.5) is 0 Å². The number of nitrogens with zero attached hydrogens (tertiary/aromatic N) is 2. The molecule has 5 nitrogen and oxygen atoms in total. The van der Waals surface area contributed by atoms with Gasteiger partial charge in [-0.2, -0.15) is 0 Å². The van der Waals surface area contributed by atoms with Crippen molar-refractivity contribution < 1.29 is 14.3 Å². The number of para-hydroxylation sites is 1. The van der Waals surface area contributed by atoms with Gasteiger partial charge in [0.1, 0.15) is 23.4 Å². The topological polar surface area (TPSA) is 68.3 Å². The highest BCUT2D eigenvalue weighted by molar-refractivity contribution is 6.00. The third kappa shape index (κ3) is 1.62. The largest absolute Gasteiger partial charge is 0.477 e. The van der Waals surface area contributed by atoms with Crippen molar-refractivity contribution in [2.45, 2.75) is 6.92 Å². The smallest absolute Gasteiger partial charge is 0.354 e. The predicted octanol–water partition coefficient (Wildman–Crippen LogP) is 2.84. The van der Waals surface area contributed by atoms with Crippen LogP contribution in [-0.2, 0) is 7.05 Å². The number of aryl methyl sites for hydroxylation is 1. The third-order valence-corrected chi connectivity index (χ3v) is 3.26. The van der Waals surface area contributed by atoms with Crippen LogP contribution >= 0.6 is 0 Å². The number of carbonyl (C=O) groups is 1. The second kappa shape index (κ2) is 3.98. The van der Waals surface area contributed by atoms with E-state index in [9.17, 15) is 9.90 Å². The molecule has 5 heteroatoms. The number of furan rings is 1. The van der Waals surface area contributed by atoms with Crippen molar-refractivity contribution in [2.24, 2.45) is 7.05 Å². The van der Waals surface area contributed by atoms with Crippen molar-refractivity contribution in [2.75, 3.05) is 0 Å². The number of carboxylic acid groups (broad SMARTS) is 1. The number of rotatable bonds is 2. The van der Waals surface area contributed by atoms with Gasteiger partial charge in [0, 0.05) is 18.0 Å². The lowest BCUT2D eigenvalue weighted by Crippen LogP contribution is -2.06. The van der Waals surface area contributed by atoms with Crippen LogP contribution in [0.15, 0.2) is 34.9 Å². The van der Waals surface area contributed by atoms with Crippen LogP contribution in [0.5, 0.6) is 0 Å². The van der Waals surface area contributed by atoms with Gasteiger partial charge in [0.15, 0.2) is 5.69 Å². The van der Waals surface area contributed by atoms with E-state index in [0.29, 0.717) is 17.1 Å². The minimum Gasteiger partial charge on any atom is -0.477 e. The van der Waals surface area contributed by atoms with E-state index in [0.717, 1.165) is 11.0 Å². The predicted molar refractivity (Wildman–Crippen MR) is 70.1 cm³/mol. The summed E-state index contributed by atoms with van der Waals surface area (Å²) in [7, 11) is 1.69. The van der Waals surface area contributed by atoms with Gasteiger partial charge in [-0.05, 0) is 13.0 Å². The molecule has 0 radical (unpaired) electrons. The average Bonchev–Trinajstić information content (AvgIpc) is 2.92. The molecule has 0 atom stereocenters. The van der Waals surface area contributed by atoms with E-state index in [1.54, 1.807) is 24.8 Å². The highest BCUT2D eigenvalue weighted by atomic mass is 16.4. The van der Waals surface area contributed by atoms with Gasteiger partial charge < -0.3 is 14.1 Å². The number of benzene rings is 1. The van der Waals surface area contributed by atoms with Crippen LogP contribution in [0.2, 0.25) is 0 Å². The quantitative estimate of drug-likeness (QED) is 0.765. The minimum atomic E-state index is -0.997. The Balaban J connectivity index is 2.33. The first-order chi connectivity index (χ1) is 9.09. The van der Waals surface area contributed by atoms with Gasteiger partial charge in [-0.25, -0.2) is 9.78 Å². The summed E-state index contributed by atoms with van der Waals surface area (Å²) in [4.78, 5) is 15.7. The molecule has 0 saturated heterocycles. The summed E-state index contributed by atoms with van der Waals surface area (Å²) in [6.45, 7) is 1.78. The first-order valence-electron chi connectivity index (χ1n) is 5.83. The Labute approximate surface area is 109 Å². The van der Waals surface area contributed by atoms with Gasteiger partial charge in [-0.15, -0.1) is 0 Å². The minimum absolute atomic E-state index is 0.170. The van der Waals surface area contributed by atoms with Crippen molar-refractivity contribution in [1.29, 1.82) is 0 Å². The standard InChI is InChI=1S/C14H12N2O3/c1-8-15-12(13(14(17)18)16(8)2)10-7-19-11-6-4-3-5-9(10)11/h3-7H,1-2H3,(H,17,18). The zero-order valence-electron chi connectivity index (χ0n) is 10.5. The summed E-state index contributed by atoms with van der Waals surface area (Å²) in [6.07, 6.45) is 1.55. The number of carboxylic acids is 1. The van der Waals surface area contributed by atoms with E-state index in [-0.39, 0.29) is 5.69 Å². The first-order valence-corrected chi connectivity index (χ1v) is 5.83. The third-order valence-electron chi connectivity index (χ3n) is 3.26. The normalized spacial score (nSPS) is 11.1. The molecule has 0 aliphatic rings. The van der Waals surface area contributed by atoms with Gasteiger partial charge in [0.25, 0.3) is 0 Å². The van der Waals surface area contributed by atoms with E-state index in [2.05, 4.69) is 4.98 Å². The molecule has 0 spiro atoms. The Morgan fingerprint density at radius 2 is 2.11 bits per heavy atom. The van der Waals surface area contributed by atoms with Crippen molar-refractivity contribution in [3.05, 3.63) is 42.0 Å². The summed E-state index contributed by atoms with van der Waals surface area (Å²) >= 11 is 0. The Kier molecular flexibility index (Phi) is 2.41. The number of aromatic carboxylic acids is 1. The lowest BCUT2D eigenvalue weighted by Gasteiger charge is -1.99. The van der Waals surface area contributed by atoms with Crippen molar-refractivity contribution in [3.8, 4) is 11.3 Å². The van der Waals surface area contributed by atoms with Gasteiger partial charge in [0.05, 0.1) is 0 Å². The second-order valence-corrected chi connectivity index (χ2v) is 4.37. The molecule has 0 aliphatic carbocycles. The molecule has 2 aromatic heterocycles. The number of imidazole rings is 1. The SMILES string of the molecule is Cc1nc(-c2coc3ccccc23)c(C(=O)O)n1C. The molecular weight excluding hydrogens is 244 g/mol. The van der Waals surface area contributed by atoms with Crippen LogP contribution in [-0.4, -0.2) is 20.6 Å². The molecular formula is C14H12N2O3. The summed E-state index contributed by atoms with van der Waals surface area (Å²) in [5.41, 5.74) is 2.04. The number of hydrogen-bond acceptors (Lipinski definition) is 3. The van der Waals surface area contributed by atoms with Crippen LogP contribution < -0.4 is 0 Å². The number of fused-ring (bicyclic) bond motifs is 1.